The number of carbonyl (C=O) groups is 1. The summed E-state index contributed by atoms with van der Waals surface area (Å²) in [7, 11) is -2.35. The number of amides is 1. The van der Waals surface area contributed by atoms with E-state index in [1.807, 2.05) is 49.4 Å². The van der Waals surface area contributed by atoms with Crippen molar-refractivity contribution >= 4 is 16.0 Å². The van der Waals surface area contributed by atoms with Crippen LogP contribution in [-0.4, -0.2) is 56.1 Å². The van der Waals surface area contributed by atoms with Gasteiger partial charge >= 0.3 is 0 Å². The van der Waals surface area contributed by atoms with Crippen LogP contribution in [0.3, 0.4) is 0 Å². The van der Waals surface area contributed by atoms with E-state index >= 15 is 0 Å². The third kappa shape index (κ3) is 7.68. The zero-order valence-corrected chi connectivity index (χ0v) is 24.9. The van der Waals surface area contributed by atoms with Gasteiger partial charge in [0.1, 0.15) is 24.1 Å². The Bertz CT molecular complexity index is 1520. The number of hydrogen-bond donors (Lipinski definition) is 2. The van der Waals surface area contributed by atoms with E-state index in [1.165, 1.54) is 12.1 Å². The highest BCUT2D eigenvalue weighted by Crippen LogP contribution is 2.38. The second-order valence-electron chi connectivity index (χ2n) is 10.6. The van der Waals surface area contributed by atoms with Crippen LogP contribution in [0.4, 0.5) is 0 Å². The van der Waals surface area contributed by atoms with Crippen molar-refractivity contribution in [3.05, 3.63) is 89.0 Å². The number of ether oxygens (including phenoxy) is 2. The van der Waals surface area contributed by atoms with Crippen molar-refractivity contribution in [1.29, 1.82) is 5.26 Å². The average Bonchev–Trinajstić information content (AvgIpc) is 3.66. The molecule has 2 heterocycles. The Hall–Kier alpha value is -3.91. The molecule has 2 N–H and O–H groups in total. The van der Waals surface area contributed by atoms with Crippen LogP contribution in [0.1, 0.15) is 47.4 Å². The molecule has 0 spiro atoms. The number of nitriles is 1. The number of rotatable bonds is 7. The van der Waals surface area contributed by atoms with Crippen molar-refractivity contribution < 1.29 is 27.2 Å². The number of nitrogens with one attached hydrogen (secondary N) is 1. The molecule has 2 aliphatic heterocycles. The summed E-state index contributed by atoms with van der Waals surface area (Å²) in [4.78, 5) is 14.6. The molecular weight excluding hydrogens is 554 g/mol. The highest BCUT2D eigenvalue weighted by Gasteiger charge is 2.38. The molecule has 3 atom stereocenters. The maximum atomic E-state index is 13.0. The first-order valence-electron chi connectivity index (χ1n) is 13.9. The molecule has 2 fully saturated rings. The van der Waals surface area contributed by atoms with E-state index in [1.54, 1.807) is 24.1 Å². The van der Waals surface area contributed by atoms with Gasteiger partial charge in [-0.25, -0.2) is 0 Å². The van der Waals surface area contributed by atoms with Gasteiger partial charge in [-0.05, 0) is 62.4 Å². The van der Waals surface area contributed by atoms with Crippen LogP contribution in [0.2, 0.25) is 0 Å². The van der Waals surface area contributed by atoms with E-state index in [-0.39, 0.29) is 28.8 Å². The minimum absolute atomic E-state index is 0.0472. The molecule has 2 aliphatic rings. The fraction of sp³-hybridized carbons (Fsp3) is 0.375. The van der Waals surface area contributed by atoms with Gasteiger partial charge in [-0.1, -0.05) is 48.0 Å². The summed E-state index contributed by atoms with van der Waals surface area (Å²) in [6.07, 6.45) is 2.38. The molecule has 42 heavy (non-hydrogen) atoms. The molecule has 5 rings (SSSR count). The topological polar surface area (TPSA) is 129 Å². The quantitative estimate of drug-likeness (QED) is 0.376. The molecule has 9 nitrogen and oxygen atoms in total. The summed E-state index contributed by atoms with van der Waals surface area (Å²) in [5.74, 6) is 1.79. The Balaban J connectivity index is 0.000000310. The third-order valence-corrected chi connectivity index (χ3v) is 8.50. The highest BCUT2D eigenvalue weighted by molar-refractivity contribution is 7.85. The van der Waals surface area contributed by atoms with Crippen molar-refractivity contribution in [3.63, 3.8) is 0 Å². The van der Waals surface area contributed by atoms with E-state index in [0.29, 0.717) is 26.1 Å². The van der Waals surface area contributed by atoms with Crippen LogP contribution in [0.15, 0.2) is 71.6 Å². The smallest absolute Gasteiger partial charge is 0.294 e. The van der Waals surface area contributed by atoms with Gasteiger partial charge in [-0.3, -0.25) is 9.35 Å². The number of hydrogen-bond acceptors (Lipinski definition) is 7. The van der Waals surface area contributed by atoms with Crippen LogP contribution in [-0.2, 0) is 21.5 Å². The van der Waals surface area contributed by atoms with E-state index < -0.39 is 10.1 Å². The fourth-order valence-corrected chi connectivity index (χ4v) is 5.95. The zero-order chi connectivity index (χ0) is 30.3. The van der Waals surface area contributed by atoms with Crippen LogP contribution < -0.4 is 14.8 Å². The summed E-state index contributed by atoms with van der Waals surface area (Å²) in [5, 5.41) is 12.7. The lowest BCUT2D eigenvalue weighted by atomic mass is 9.91. The number of methoxy groups -OCH3 is 1. The van der Waals surface area contributed by atoms with Gasteiger partial charge in [0.15, 0.2) is 0 Å². The van der Waals surface area contributed by atoms with Crippen LogP contribution in [0.25, 0.3) is 0 Å². The van der Waals surface area contributed by atoms with Gasteiger partial charge in [0.25, 0.3) is 10.1 Å². The van der Waals surface area contributed by atoms with Gasteiger partial charge < -0.3 is 19.7 Å². The number of aryl methyl sites for hydroxylation is 2. The number of carbonyl (C=O) groups excluding carboxylic acids is 1. The zero-order valence-electron chi connectivity index (χ0n) is 24.1. The molecule has 0 unspecified atom stereocenters. The van der Waals surface area contributed by atoms with E-state index in [0.717, 1.165) is 46.6 Å². The largest absolute Gasteiger partial charge is 0.496 e. The van der Waals surface area contributed by atoms with E-state index in [2.05, 4.69) is 18.3 Å². The fourth-order valence-electron chi connectivity index (χ4n) is 5.47. The monoisotopic (exact) mass is 591 g/mol. The molecule has 1 amide bonds. The first kappa shape index (κ1) is 31.0. The third-order valence-electron chi connectivity index (χ3n) is 7.63. The maximum absolute atomic E-state index is 13.0. The average molecular weight is 592 g/mol. The molecule has 0 bridgehead atoms. The van der Waals surface area contributed by atoms with Gasteiger partial charge in [-0.2, -0.15) is 13.7 Å². The predicted octanol–water partition coefficient (Wildman–Crippen LogP) is 4.78. The molecule has 3 aromatic carbocycles. The maximum Gasteiger partial charge on any atom is 0.294 e. The molecule has 0 aliphatic carbocycles. The van der Waals surface area contributed by atoms with Crippen molar-refractivity contribution in [2.45, 2.75) is 62.6 Å². The minimum atomic E-state index is -4.02. The summed E-state index contributed by atoms with van der Waals surface area (Å²) < 4.78 is 41.3. The van der Waals surface area contributed by atoms with Gasteiger partial charge in [0.05, 0.1) is 24.1 Å². The molecular formula is C32H37N3O6S. The normalized spacial score (nSPS) is 19.9. The Morgan fingerprint density at radius 1 is 1.12 bits per heavy atom. The van der Waals surface area contributed by atoms with Gasteiger partial charge in [0.2, 0.25) is 5.91 Å². The Labute approximate surface area is 247 Å². The summed E-state index contributed by atoms with van der Waals surface area (Å²) >= 11 is 0. The van der Waals surface area contributed by atoms with E-state index in [9.17, 15) is 18.5 Å². The molecule has 0 saturated carbocycles. The minimum Gasteiger partial charge on any atom is -0.496 e. The lowest BCUT2D eigenvalue weighted by Gasteiger charge is -2.23. The van der Waals surface area contributed by atoms with Crippen molar-refractivity contribution in [2.24, 2.45) is 0 Å². The molecule has 0 aromatic heterocycles. The highest BCUT2D eigenvalue weighted by atomic mass is 32.2. The molecule has 10 heteroatoms. The van der Waals surface area contributed by atoms with Crippen molar-refractivity contribution in [2.75, 3.05) is 20.2 Å². The lowest BCUT2D eigenvalue weighted by molar-refractivity contribution is -0.133. The molecule has 2 saturated heterocycles. The first-order chi connectivity index (χ1) is 20.1. The van der Waals surface area contributed by atoms with Crippen LogP contribution in [0, 0.1) is 25.2 Å². The molecule has 222 valence electrons. The molecule has 3 aromatic rings. The van der Waals surface area contributed by atoms with E-state index in [4.69, 9.17) is 14.0 Å². The van der Waals surface area contributed by atoms with Crippen molar-refractivity contribution in [1.82, 2.24) is 10.2 Å². The predicted molar refractivity (Wildman–Crippen MR) is 159 cm³/mol. The SMILES string of the molecule is COc1cc(OCc2ccccc2)cc(C)c1[C@@H]1CN[C@H](C(=O)N2CCC[C@H]2C#N)C1.Cc1ccc(S(=O)(=O)O)cc1. The number of likely N-dealkylation sites (tertiary alicyclic amines) is 1. The Kier molecular flexibility index (Phi) is 10.2. The second-order valence-corrected chi connectivity index (χ2v) is 12.1. The number of benzene rings is 3. The van der Waals surface area contributed by atoms with Crippen molar-refractivity contribution in [3.8, 4) is 17.6 Å². The second kappa shape index (κ2) is 13.8. The Morgan fingerprint density at radius 2 is 1.83 bits per heavy atom. The Morgan fingerprint density at radius 3 is 2.48 bits per heavy atom. The van der Waals surface area contributed by atoms with Gasteiger partial charge in [0, 0.05) is 30.6 Å². The molecule has 0 radical (unpaired) electrons. The summed E-state index contributed by atoms with van der Waals surface area (Å²) in [6, 6.07) is 21.8. The first-order valence-corrected chi connectivity index (χ1v) is 15.4. The lowest BCUT2D eigenvalue weighted by Crippen LogP contribution is -2.45. The van der Waals surface area contributed by atoms with Gasteiger partial charge in [-0.15, -0.1) is 0 Å². The number of nitrogens with zero attached hydrogens (tertiary/aromatic N) is 2. The summed E-state index contributed by atoms with van der Waals surface area (Å²) in [6.45, 7) is 5.79. The van der Waals surface area contributed by atoms with Crippen LogP contribution >= 0.6 is 0 Å². The standard InChI is InChI=1S/C25H29N3O3.C7H8O3S/c1-17-11-21(31-16-18-7-4-3-5-8-18)13-23(30-2)24(17)19-12-22(27-15-19)25(29)28-10-6-9-20(28)14-26;1-6-2-4-7(5-3-6)11(8,9)10/h3-5,7-8,11,13,19-20,22,27H,6,9-10,12,15-16H2,1-2H3;2-5H,1H3,(H,8,9,10)/t19-,20-,22-;/m0./s1. The van der Waals surface area contributed by atoms with Crippen LogP contribution in [0.5, 0.6) is 11.5 Å². The summed E-state index contributed by atoms with van der Waals surface area (Å²) in [5.41, 5.74) is 4.29.